The predicted octanol–water partition coefficient (Wildman–Crippen LogP) is 2.16. The molecule has 0 N–H and O–H groups in total. The van der Waals surface area contributed by atoms with E-state index in [1.165, 1.54) is 25.7 Å². The van der Waals surface area contributed by atoms with E-state index in [4.69, 9.17) is 11.2 Å². The van der Waals surface area contributed by atoms with Crippen LogP contribution in [-0.2, 0) is 21.1 Å². The average molecular weight is 198 g/mol. The summed E-state index contributed by atoms with van der Waals surface area (Å²) >= 11 is 5.16. The summed E-state index contributed by atoms with van der Waals surface area (Å²) in [5.41, 5.74) is 0. The molecule has 2 heteroatoms. The third-order valence-corrected chi connectivity index (χ3v) is 5.48. The number of rotatable bonds is 0. The largest absolute Gasteiger partial charge is 0.0775 e. The highest BCUT2D eigenvalue weighted by Gasteiger charge is 2.45. The van der Waals surface area contributed by atoms with E-state index in [9.17, 15) is 0 Å². The fourth-order valence-corrected chi connectivity index (χ4v) is 5.26. The van der Waals surface area contributed by atoms with Gasteiger partial charge in [-0.25, -0.2) is 0 Å². The third kappa shape index (κ3) is 0.973. The second kappa shape index (κ2) is 2.65. The molecule has 4 bridgehead atoms. The number of hydrogen-bond acceptors (Lipinski definition) is 1. The van der Waals surface area contributed by atoms with Crippen LogP contribution in [0.2, 0.25) is 0 Å². The molecule has 4 aliphatic carbocycles. The van der Waals surface area contributed by atoms with Crippen molar-refractivity contribution in [1.82, 2.24) is 0 Å². The predicted molar refractivity (Wildman–Crippen MR) is 56.8 cm³/mol. The van der Waals surface area contributed by atoms with Crippen molar-refractivity contribution in [3.8, 4) is 0 Å². The van der Waals surface area contributed by atoms with Crippen LogP contribution in [-0.4, -0.2) is 4.86 Å². The molecule has 0 atom stereocenters. The molecule has 4 fully saturated rings. The minimum atomic E-state index is 0.934. The van der Waals surface area contributed by atoms with E-state index < -0.39 is 0 Å². The van der Waals surface area contributed by atoms with Gasteiger partial charge in [-0.05, 0) is 71.8 Å². The van der Waals surface area contributed by atoms with Gasteiger partial charge in [-0.15, -0.1) is 0 Å². The molecule has 12 heavy (non-hydrogen) atoms. The first-order valence-corrected chi connectivity index (χ1v) is 6.77. The molecular formula is C10H14S2. The topological polar surface area (TPSA) is 0 Å². The summed E-state index contributed by atoms with van der Waals surface area (Å²) in [6.45, 7) is 0. The molecule has 0 radical (unpaired) electrons. The molecule has 0 heterocycles. The molecule has 0 aromatic carbocycles. The maximum Gasteiger partial charge on any atom is -0.000103 e. The minimum absolute atomic E-state index is 0.934. The van der Waals surface area contributed by atoms with Crippen LogP contribution in [0.1, 0.15) is 32.1 Å². The zero-order valence-electron chi connectivity index (χ0n) is 7.16. The van der Waals surface area contributed by atoms with Crippen LogP contribution >= 0.6 is 0 Å². The maximum atomic E-state index is 5.16. The van der Waals surface area contributed by atoms with Crippen molar-refractivity contribution in [2.75, 3.05) is 0 Å². The van der Waals surface area contributed by atoms with Crippen LogP contribution in [0.3, 0.4) is 0 Å². The van der Waals surface area contributed by atoms with Crippen LogP contribution in [0, 0.1) is 23.7 Å². The van der Waals surface area contributed by atoms with Crippen molar-refractivity contribution in [2.24, 2.45) is 23.7 Å². The zero-order chi connectivity index (χ0) is 8.13. The van der Waals surface area contributed by atoms with Gasteiger partial charge in [-0.3, -0.25) is 0 Å². The van der Waals surface area contributed by atoms with Crippen molar-refractivity contribution in [3.05, 3.63) is 0 Å². The normalized spacial score (nSPS) is 49.8. The molecule has 4 aliphatic rings. The van der Waals surface area contributed by atoms with Crippen molar-refractivity contribution < 1.29 is 0 Å². The van der Waals surface area contributed by atoms with Gasteiger partial charge in [0.1, 0.15) is 0 Å². The molecule has 0 amide bonds. The van der Waals surface area contributed by atoms with E-state index in [1.807, 2.05) is 0 Å². The third-order valence-electron chi connectivity index (χ3n) is 4.04. The summed E-state index contributed by atoms with van der Waals surface area (Å²) in [6.07, 6.45) is 7.46. The van der Waals surface area contributed by atoms with Gasteiger partial charge in [0.25, 0.3) is 0 Å². The fourth-order valence-electron chi connectivity index (χ4n) is 3.78. The highest BCUT2D eigenvalue weighted by Crippen LogP contribution is 2.51. The van der Waals surface area contributed by atoms with Gasteiger partial charge in [0.15, 0.2) is 0 Å². The Morgan fingerprint density at radius 1 is 0.917 bits per heavy atom. The van der Waals surface area contributed by atoms with E-state index in [2.05, 4.69) is 0 Å². The Morgan fingerprint density at radius 2 is 1.42 bits per heavy atom. The molecule has 0 nitrogen and oxygen atoms in total. The van der Waals surface area contributed by atoms with E-state index in [1.54, 1.807) is 21.2 Å². The lowest BCUT2D eigenvalue weighted by atomic mass is 9.56. The summed E-state index contributed by atoms with van der Waals surface area (Å²) < 4.78 is 0. The lowest BCUT2D eigenvalue weighted by molar-refractivity contribution is 0.112. The first-order chi connectivity index (χ1) is 5.86. The van der Waals surface area contributed by atoms with Gasteiger partial charge in [0, 0.05) is 0 Å². The Kier molecular flexibility index (Phi) is 1.70. The van der Waals surface area contributed by atoms with Crippen LogP contribution in [0.5, 0.6) is 0 Å². The summed E-state index contributed by atoms with van der Waals surface area (Å²) in [7, 11) is 1.66. The quantitative estimate of drug-likeness (QED) is 0.538. The second-order valence-electron chi connectivity index (χ2n) is 4.79. The summed E-state index contributed by atoms with van der Waals surface area (Å²) in [6, 6.07) is 0. The van der Waals surface area contributed by atoms with Crippen molar-refractivity contribution in [3.63, 3.8) is 0 Å². The molecule has 0 aliphatic heterocycles. The Balaban J connectivity index is 2.00. The van der Waals surface area contributed by atoms with Crippen LogP contribution < -0.4 is 0 Å². The Bertz CT molecular complexity index is 233. The van der Waals surface area contributed by atoms with Crippen molar-refractivity contribution in [1.29, 1.82) is 0 Å². The van der Waals surface area contributed by atoms with Gasteiger partial charge in [-0.2, -0.15) is 0 Å². The summed E-state index contributed by atoms with van der Waals surface area (Å²) in [5, 5.41) is 0. The van der Waals surface area contributed by atoms with Crippen molar-refractivity contribution >= 4 is 26.0 Å². The van der Waals surface area contributed by atoms with E-state index in [0.29, 0.717) is 0 Å². The average Bonchev–Trinajstić information content (AvgIpc) is 2.02. The summed E-state index contributed by atoms with van der Waals surface area (Å²) in [4.78, 5) is 1.69. The van der Waals surface area contributed by atoms with Crippen LogP contribution in [0.15, 0.2) is 0 Å². The first kappa shape index (κ1) is 7.69. The fraction of sp³-hybridized carbons (Fsp3) is 0.900. The second-order valence-corrected chi connectivity index (χ2v) is 5.93. The standard InChI is InChI=1S/C10H14S2/c11-12-10-8-2-6-1-7(4-8)5-9(10)3-6/h6-9H,1-5H2. The molecule has 4 saturated carbocycles. The monoisotopic (exact) mass is 198 g/mol. The van der Waals surface area contributed by atoms with E-state index >= 15 is 0 Å². The van der Waals surface area contributed by atoms with Crippen LogP contribution in [0.4, 0.5) is 0 Å². The smallest absolute Gasteiger partial charge is 0.000103 e. The zero-order valence-corrected chi connectivity index (χ0v) is 8.79. The SMILES string of the molecule is S=S=C1C2CC3CC(C2)CC1C3. The highest BCUT2D eigenvalue weighted by molar-refractivity contribution is 8.17. The summed E-state index contributed by atoms with van der Waals surface area (Å²) in [5.74, 6) is 4.03. The van der Waals surface area contributed by atoms with Gasteiger partial charge < -0.3 is 0 Å². The minimum Gasteiger partial charge on any atom is -0.0775 e. The molecule has 66 valence electrons. The molecule has 0 saturated heterocycles. The van der Waals surface area contributed by atoms with Gasteiger partial charge in [-0.1, -0.05) is 9.91 Å². The van der Waals surface area contributed by atoms with Crippen LogP contribution in [0.25, 0.3) is 0 Å². The Labute approximate surface area is 81.9 Å². The maximum absolute atomic E-state index is 5.16. The molecule has 4 rings (SSSR count). The molecule has 0 aromatic heterocycles. The van der Waals surface area contributed by atoms with Crippen molar-refractivity contribution in [2.45, 2.75) is 32.1 Å². The lowest BCUT2D eigenvalue weighted by Crippen LogP contribution is -2.45. The Hall–Kier alpha value is 0.310. The van der Waals surface area contributed by atoms with E-state index in [-0.39, 0.29) is 0 Å². The van der Waals surface area contributed by atoms with Gasteiger partial charge in [0.05, 0.1) is 0 Å². The Morgan fingerprint density at radius 3 is 1.83 bits per heavy atom. The lowest BCUT2D eigenvalue weighted by Gasteiger charge is -2.50. The first-order valence-electron chi connectivity index (χ1n) is 5.03. The molecule has 0 unspecified atom stereocenters. The number of hydrogen-bond donors (Lipinski definition) is 0. The molecular weight excluding hydrogens is 184 g/mol. The van der Waals surface area contributed by atoms with E-state index in [0.717, 1.165) is 23.7 Å². The molecule has 0 aromatic rings. The van der Waals surface area contributed by atoms with Gasteiger partial charge in [0.2, 0.25) is 0 Å². The highest BCUT2D eigenvalue weighted by atomic mass is 32.8. The van der Waals surface area contributed by atoms with Gasteiger partial charge >= 0.3 is 0 Å². The molecule has 0 spiro atoms.